The van der Waals surface area contributed by atoms with Gasteiger partial charge in [-0.15, -0.1) is 0 Å². The van der Waals surface area contributed by atoms with Crippen molar-refractivity contribution in [3.8, 4) is 6.07 Å². The van der Waals surface area contributed by atoms with Crippen LogP contribution in [0.2, 0.25) is 5.02 Å². The number of hydrogen-bond donors (Lipinski definition) is 2. The van der Waals surface area contributed by atoms with Crippen LogP contribution in [-0.4, -0.2) is 35.6 Å². The van der Waals surface area contributed by atoms with Gasteiger partial charge in [0.1, 0.15) is 17.9 Å². The number of anilines is 1. The molecule has 0 aromatic heterocycles. The van der Waals surface area contributed by atoms with Crippen molar-refractivity contribution >= 4 is 27.5 Å². The van der Waals surface area contributed by atoms with E-state index < -0.39 is 22.2 Å². The summed E-state index contributed by atoms with van der Waals surface area (Å²) in [4.78, 5) is 0. The monoisotopic (exact) mass is 341 g/mol. The summed E-state index contributed by atoms with van der Waals surface area (Å²) in [5.74, 6) is -0.533. The first-order chi connectivity index (χ1) is 10.3. The Morgan fingerprint density at radius 1 is 1.45 bits per heavy atom. The number of fused-ring (bicyclic) bond motifs is 1. The summed E-state index contributed by atoms with van der Waals surface area (Å²) in [6, 6.07) is 4.70. The van der Waals surface area contributed by atoms with Crippen molar-refractivity contribution in [1.82, 2.24) is 4.31 Å². The molecule has 1 aromatic rings. The second-order valence-corrected chi connectivity index (χ2v) is 7.12. The third-order valence-corrected chi connectivity index (χ3v) is 6.07. The van der Waals surface area contributed by atoms with Crippen LogP contribution in [0.1, 0.15) is 17.5 Å². The number of aliphatic hydroxyl groups is 2. The highest BCUT2D eigenvalue weighted by atomic mass is 35.5. The van der Waals surface area contributed by atoms with Gasteiger partial charge in [-0.05, 0) is 31.0 Å². The van der Waals surface area contributed by atoms with Gasteiger partial charge >= 0.3 is 10.2 Å². The Hall–Kier alpha value is -1.95. The average Bonchev–Trinajstić information content (AvgIpc) is 2.94. The van der Waals surface area contributed by atoms with E-state index in [0.717, 1.165) is 8.61 Å². The topological polar surface area (TPSA) is 105 Å². The quantitative estimate of drug-likeness (QED) is 0.802. The fourth-order valence-electron chi connectivity index (χ4n) is 2.69. The molecule has 22 heavy (non-hydrogen) atoms. The lowest BCUT2D eigenvalue weighted by molar-refractivity contribution is 0.210. The first kappa shape index (κ1) is 15.0. The largest absolute Gasteiger partial charge is 0.492 e. The molecule has 116 valence electrons. The minimum Gasteiger partial charge on any atom is -0.492 e. The lowest BCUT2D eigenvalue weighted by Crippen LogP contribution is -2.34. The highest BCUT2D eigenvalue weighted by molar-refractivity contribution is 7.91. The van der Waals surface area contributed by atoms with Crippen LogP contribution in [0.15, 0.2) is 23.7 Å². The zero-order valence-electron chi connectivity index (χ0n) is 11.5. The molecule has 7 nitrogen and oxygen atoms in total. The van der Waals surface area contributed by atoms with Gasteiger partial charge in [0.05, 0.1) is 16.3 Å². The fourth-order valence-corrected chi connectivity index (χ4v) is 4.64. The molecule has 1 fully saturated rings. The molecule has 1 atom stereocenters. The van der Waals surface area contributed by atoms with Gasteiger partial charge in [0.2, 0.25) is 5.88 Å². The lowest BCUT2D eigenvalue weighted by atomic mass is 10.1. The van der Waals surface area contributed by atoms with Gasteiger partial charge < -0.3 is 10.2 Å². The minimum absolute atomic E-state index is 0.0279. The van der Waals surface area contributed by atoms with E-state index in [-0.39, 0.29) is 34.9 Å². The molecule has 0 amide bonds. The first-order valence-electron chi connectivity index (χ1n) is 6.44. The Morgan fingerprint density at radius 2 is 2.14 bits per heavy atom. The van der Waals surface area contributed by atoms with Crippen molar-refractivity contribution in [2.24, 2.45) is 0 Å². The molecule has 0 bridgehead atoms. The van der Waals surface area contributed by atoms with E-state index in [1.54, 1.807) is 6.92 Å². The van der Waals surface area contributed by atoms with E-state index >= 15 is 0 Å². The number of nitrogens with zero attached hydrogens (tertiary/aromatic N) is 3. The van der Waals surface area contributed by atoms with Crippen molar-refractivity contribution in [3.05, 3.63) is 39.9 Å². The zero-order valence-corrected chi connectivity index (χ0v) is 13.1. The van der Waals surface area contributed by atoms with Gasteiger partial charge in [0.15, 0.2) is 0 Å². The molecule has 2 aliphatic rings. The molecule has 0 spiro atoms. The molecule has 0 aliphatic carbocycles. The van der Waals surface area contributed by atoms with E-state index in [1.807, 2.05) is 6.07 Å². The van der Waals surface area contributed by atoms with Gasteiger partial charge in [-0.3, -0.25) is 0 Å². The Bertz CT molecular complexity index is 844. The number of rotatable bonds is 1. The van der Waals surface area contributed by atoms with Crippen LogP contribution in [0.4, 0.5) is 5.69 Å². The molecule has 2 heterocycles. The Labute approximate surface area is 132 Å². The molecule has 0 radical (unpaired) electrons. The predicted molar refractivity (Wildman–Crippen MR) is 79.3 cm³/mol. The highest BCUT2D eigenvalue weighted by Gasteiger charge is 2.50. The van der Waals surface area contributed by atoms with Crippen LogP contribution in [0.5, 0.6) is 0 Å². The smallest absolute Gasteiger partial charge is 0.333 e. The summed E-state index contributed by atoms with van der Waals surface area (Å²) in [5.41, 5.74) is 0.690. The normalized spacial score (nSPS) is 22.9. The van der Waals surface area contributed by atoms with Gasteiger partial charge in [-0.1, -0.05) is 11.6 Å². The molecule has 2 N–H and O–H groups in total. The average molecular weight is 342 g/mol. The SMILES string of the molecule is Cc1c(N2C(O)=C3[C@@H](O)CCN3S2(=O)=O)ccc(C#N)c1Cl. The number of hydrogen-bond acceptors (Lipinski definition) is 5. The number of halogens is 1. The van der Waals surface area contributed by atoms with E-state index in [1.165, 1.54) is 12.1 Å². The summed E-state index contributed by atoms with van der Waals surface area (Å²) in [5, 5.41) is 29.2. The van der Waals surface area contributed by atoms with Crippen molar-refractivity contribution in [1.29, 1.82) is 5.26 Å². The van der Waals surface area contributed by atoms with E-state index in [9.17, 15) is 18.6 Å². The van der Waals surface area contributed by atoms with Crippen LogP contribution in [0.25, 0.3) is 0 Å². The third kappa shape index (κ3) is 1.80. The molecular weight excluding hydrogens is 330 g/mol. The first-order valence-corrected chi connectivity index (χ1v) is 8.21. The summed E-state index contributed by atoms with van der Waals surface area (Å²) >= 11 is 6.06. The highest BCUT2D eigenvalue weighted by Crippen LogP contribution is 2.42. The maximum atomic E-state index is 12.6. The maximum Gasteiger partial charge on any atom is 0.333 e. The Balaban J connectivity index is 2.22. The van der Waals surface area contributed by atoms with Gasteiger partial charge in [-0.2, -0.15) is 18.0 Å². The zero-order chi connectivity index (χ0) is 16.2. The molecule has 1 saturated heterocycles. The standard InChI is InChI=1S/C13H12ClN3O4S/c1-7-9(3-2-8(6-15)11(7)14)17-13(19)12-10(18)4-5-16(12)22(17,20)21/h2-3,10,18-19H,4-5H2,1H3/t10-/m0/s1. The van der Waals surface area contributed by atoms with Crippen LogP contribution in [-0.2, 0) is 10.2 Å². The van der Waals surface area contributed by atoms with E-state index in [2.05, 4.69) is 0 Å². The van der Waals surface area contributed by atoms with Crippen LogP contribution in [0.3, 0.4) is 0 Å². The summed E-state index contributed by atoms with van der Waals surface area (Å²) in [6.45, 7) is 1.66. The lowest BCUT2D eigenvalue weighted by Gasteiger charge is -2.22. The van der Waals surface area contributed by atoms with Gasteiger partial charge in [0, 0.05) is 6.54 Å². The fraction of sp³-hybridized carbons (Fsp3) is 0.308. The van der Waals surface area contributed by atoms with Crippen molar-refractivity contribution in [3.63, 3.8) is 0 Å². The summed E-state index contributed by atoms with van der Waals surface area (Å²) < 4.78 is 26.9. The molecule has 0 unspecified atom stereocenters. The molecule has 0 saturated carbocycles. The second-order valence-electron chi connectivity index (χ2n) is 5.04. The van der Waals surface area contributed by atoms with Crippen LogP contribution in [0, 0.1) is 18.3 Å². The van der Waals surface area contributed by atoms with Crippen molar-refractivity contribution in [2.75, 3.05) is 10.8 Å². The van der Waals surface area contributed by atoms with Crippen LogP contribution < -0.4 is 4.31 Å². The predicted octanol–water partition coefficient (Wildman–Crippen LogP) is 1.38. The minimum atomic E-state index is -4.02. The summed E-state index contributed by atoms with van der Waals surface area (Å²) in [6.07, 6.45) is -0.798. The van der Waals surface area contributed by atoms with Crippen LogP contribution >= 0.6 is 11.6 Å². The molecule has 1 aromatic carbocycles. The summed E-state index contributed by atoms with van der Waals surface area (Å²) in [7, 11) is -4.02. The second kappa shape index (κ2) is 4.78. The molecule has 9 heteroatoms. The molecular formula is C13H12ClN3O4S. The number of nitriles is 1. The maximum absolute atomic E-state index is 12.6. The Morgan fingerprint density at radius 3 is 2.73 bits per heavy atom. The molecule has 3 rings (SSSR count). The van der Waals surface area contributed by atoms with E-state index in [4.69, 9.17) is 16.9 Å². The molecule has 2 aliphatic heterocycles. The van der Waals surface area contributed by atoms with Gasteiger partial charge in [0.25, 0.3) is 0 Å². The van der Waals surface area contributed by atoms with E-state index in [0.29, 0.717) is 5.56 Å². The Kier molecular flexibility index (Phi) is 3.25. The van der Waals surface area contributed by atoms with Crippen molar-refractivity contribution in [2.45, 2.75) is 19.4 Å². The number of benzene rings is 1. The van der Waals surface area contributed by atoms with Gasteiger partial charge in [-0.25, -0.2) is 4.31 Å². The third-order valence-electron chi connectivity index (χ3n) is 3.82. The number of aliphatic hydroxyl groups excluding tert-OH is 2. The van der Waals surface area contributed by atoms with Crippen molar-refractivity contribution < 1.29 is 18.6 Å².